The van der Waals surface area contributed by atoms with Gasteiger partial charge in [-0.25, -0.2) is 4.99 Å². The molecule has 1 unspecified atom stereocenters. The lowest BCUT2D eigenvalue weighted by atomic mass is 9.98. The van der Waals surface area contributed by atoms with E-state index in [0.717, 1.165) is 24.9 Å². The number of carbonyl (C=O) groups excluding carboxylic acids is 2. The van der Waals surface area contributed by atoms with E-state index in [2.05, 4.69) is 15.6 Å². The minimum atomic E-state index is -0.154. The fourth-order valence-corrected chi connectivity index (χ4v) is 3.05. The summed E-state index contributed by atoms with van der Waals surface area (Å²) in [6.45, 7) is 6.81. The van der Waals surface area contributed by atoms with Crippen LogP contribution >= 0.6 is 24.0 Å². The van der Waals surface area contributed by atoms with Gasteiger partial charge in [-0.15, -0.1) is 24.0 Å². The highest BCUT2D eigenvalue weighted by Crippen LogP contribution is 2.18. The Morgan fingerprint density at radius 3 is 2.64 bits per heavy atom. The predicted molar refractivity (Wildman–Crippen MR) is 121 cm³/mol. The topological polar surface area (TPSA) is 83.0 Å². The molecule has 1 heterocycles. The molecule has 1 aromatic rings. The minimum Gasteiger partial charge on any atom is -0.466 e. The number of ether oxygens (including phenoxy) is 1. The van der Waals surface area contributed by atoms with Gasteiger partial charge in [0.2, 0.25) is 5.91 Å². The van der Waals surface area contributed by atoms with Gasteiger partial charge in [0.15, 0.2) is 5.96 Å². The van der Waals surface area contributed by atoms with E-state index in [0.29, 0.717) is 32.2 Å². The van der Waals surface area contributed by atoms with Crippen LogP contribution in [0, 0.1) is 5.92 Å². The van der Waals surface area contributed by atoms with Crippen LogP contribution in [0.2, 0.25) is 0 Å². The predicted octanol–water partition coefficient (Wildman–Crippen LogP) is 2.16. The summed E-state index contributed by atoms with van der Waals surface area (Å²) in [6.07, 6.45) is 1.72. The number of likely N-dealkylation sites (tertiary alicyclic amines) is 1. The van der Waals surface area contributed by atoms with E-state index in [9.17, 15) is 9.59 Å². The molecule has 1 aliphatic rings. The summed E-state index contributed by atoms with van der Waals surface area (Å²) in [5, 5.41) is 6.09. The molecule has 1 saturated heterocycles. The van der Waals surface area contributed by atoms with Gasteiger partial charge < -0.3 is 20.3 Å². The second-order valence-corrected chi connectivity index (χ2v) is 6.47. The van der Waals surface area contributed by atoms with Gasteiger partial charge in [0.25, 0.3) is 0 Å². The monoisotopic (exact) mass is 502 g/mol. The third-order valence-corrected chi connectivity index (χ3v) is 4.38. The standard InChI is InChI=1S/C20H30N4O3.HI/c1-3-21-20(24-12-8-11-17(15-24)19(26)27-4-2)23-14-18(25)22-13-16-9-6-5-7-10-16;/h5-7,9-10,17H,3-4,8,11-15H2,1-2H3,(H,21,23)(H,22,25);1H. The third-order valence-electron chi connectivity index (χ3n) is 4.38. The zero-order valence-electron chi connectivity index (χ0n) is 16.6. The Morgan fingerprint density at radius 2 is 1.96 bits per heavy atom. The number of nitrogens with one attached hydrogen (secondary N) is 2. The van der Waals surface area contributed by atoms with Gasteiger partial charge in [0.05, 0.1) is 12.5 Å². The van der Waals surface area contributed by atoms with Gasteiger partial charge in [-0.3, -0.25) is 9.59 Å². The van der Waals surface area contributed by atoms with E-state index < -0.39 is 0 Å². The molecule has 1 atom stereocenters. The number of guanidine groups is 1. The molecule has 0 aliphatic carbocycles. The number of nitrogens with zero attached hydrogens (tertiary/aromatic N) is 2. The van der Waals surface area contributed by atoms with Crippen molar-refractivity contribution in [2.24, 2.45) is 10.9 Å². The first-order chi connectivity index (χ1) is 13.1. The van der Waals surface area contributed by atoms with Gasteiger partial charge in [-0.05, 0) is 32.3 Å². The van der Waals surface area contributed by atoms with E-state index >= 15 is 0 Å². The molecule has 156 valence electrons. The fraction of sp³-hybridized carbons (Fsp3) is 0.550. The van der Waals surface area contributed by atoms with Crippen molar-refractivity contribution < 1.29 is 14.3 Å². The van der Waals surface area contributed by atoms with Crippen molar-refractivity contribution >= 4 is 41.8 Å². The largest absolute Gasteiger partial charge is 0.466 e. The van der Waals surface area contributed by atoms with Crippen LogP contribution in [0.25, 0.3) is 0 Å². The molecule has 2 N–H and O–H groups in total. The second kappa shape index (κ2) is 13.4. The van der Waals surface area contributed by atoms with Crippen LogP contribution in [0.15, 0.2) is 35.3 Å². The number of amides is 1. The molecule has 0 spiro atoms. The van der Waals surface area contributed by atoms with Crippen LogP contribution in [-0.2, 0) is 20.9 Å². The lowest BCUT2D eigenvalue weighted by Crippen LogP contribution is -2.48. The van der Waals surface area contributed by atoms with Crippen molar-refractivity contribution in [2.75, 3.05) is 32.8 Å². The Bertz CT molecular complexity index is 640. The van der Waals surface area contributed by atoms with Gasteiger partial charge in [0, 0.05) is 26.2 Å². The number of hydrogen-bond acceptors (Lipinski definition) is 4. The van der Waals surface area contributed by atoms with E-state index in [1.165, 1.54) is 0 Å². The quantitative estimate of drug-likeness (QED) is 0.259. The molecule has 1 fully saturated rings. The van der Waals surface area contributed by atoms with Crippen LogP contribution in [-0.4, -0.2) is 55.5 Å². The second-order valence-electron chi connectivity index (χ2n) is 6.47. The molecule has 1 aromatic carbocycles. The van der Waals surface area contributed by atoms with Crippen molar-refractivity contribution in [3.8, 4) is 0 Å². The number of carbonyl (C=O) groups is 2. The van der Waals surface area contributed by atoms with Crippen LogP contribution < -0.4 is 10.6 Å². The maximum atomic E-state index is 12.1. The molecule has 28 heavy (non-hydrogen) atoms. The zero-order valence-corrected chi connectivity index (χ0v) is 19.0. The van der Waals surface area contributed by atoms with E-state index in [1.54, 1.807) is 0 Å². The Hall–Kier alpha value is -1.84. The normalized spacial score (nSPS) is 16.7. The Morgan fingerprint density at radius 1 is 1.21 bits per heavy atom. The summed E-state index contributed by atoms with van der Waals surface area (Å²) in [5.74, 6) is 0.239. The molecular formula is C20H31IN4O3. The number of hydrogen-bond donors (Lipinski definition) is 2. The summed E-state index contributed by atoms with van der Waals surface area (Å²) >= 11 is 0. The molecule has 1 amide bonds. The first-order valence-corrected chi connectivity index (χ1v) is 9.64. The van der Waals surface area contributed by atoms with Crippen molar-refractivity contribution in [3.63, 3.8) is 0 Å². The molecular weight excluding hydrogens is 471 g/mol. The molecule has 0 radical (unpaired) electrons. The highest BCUT2D eigenvalue weighted by Gasteiger charge is 2.28. The number of rotatable bonds is 7. The highest BCUT2D eigenvalue weighted by molar-refractivity contribution is 14.0. The molecule has 0 aromatic heterocycles. The van der Waals surface area contributed by atoms with Gasteiger partial charge >= 0.3 is 5.97 Å². The molecule has 0 bridgehead atoms. The summed E-state index contributed by atoms with van der Waals surface area (Å²) in [5.41, 5.74) is 1.05. The summed E-state index contributed by atoms with van der Waals surface area (Å²) in [7, 11) is 0. The molecule has 2 rings (SSSR count). The SMILES string of the molecule is CCNC(=NCC(=O)NCc1ccccc1)N1CCCC(C(=O)OCC)C1.I. The summed E-state index contributed by atoms with van der Waals surface area (Å²) in [6, 6.07) is 9.77. The number of piperidine rings is 1. The Labute approximate surface area is 184 Å². The molecule has 0 saturated carbocycles. The lowest BCUT2D eigenvalue weighted by Gasteiger charge is -2.33. The van der Waals surface area contributed by atoms with Crippen molar-refractivity contribution in [1.82, 2.24) is 15.5 Å². The van der Waals surface area contributed by atoms with Crippen LogP contribution in [0.1, 0.15) is 32.3 Å². The molecule has 8 heteroatoms. The maximum absolute atomic E-state index is 12.1. The first kappa shape index (κ1) is 24.2. The average Bonchev–Trinajstić information content (AvgIpc) is 2.70. The third kappa shape index (κ3) is 8.04. The van der Waals surface area contributed by atoms with Crippen molar-refractivity contribution in [3.05, 3.63) is 35.9 Å². The molecule has 1 aliphatic heterocycles. The number of halogens is 1. The number of esters is 1. The van der Waals surface area contributed by atoms with Gasteiger partial charge in [-0.1, -0.05) is 30.3 Å². The van der Waals surface area contributed by atoms with Crippen LogP contribution in [0.5, 0.6) is 0 Å². The van der Waals surface area contributed by atoms with E-state index in [1.807, 2.05) is 49.1 Å². The first-order valence-electron chi connectivity index (χ1n) is 9.64. The highest BCUT2D eigenvalue weighted by atomic mass is 127. The fourth-order valence-electron chi connectivity index (χ4n) is 3.05. The lowest BCUT2D eigenvalue weighted by molar-refractivity contribution is -0.149. The van der Waals surface area contributed by atoms with Crippen molar-refractivity contribution in [2.45, 2.75) is 33.2 Å². The van der Waals surface area contributed by atoms with E-state index in [-0.39, 0.29) is 48.3 Å². The number of benzene rings is 1. The summed E-state index contributed by atoms with van der Waals surface area (Å²) in [4.78, 5) is 30.7. The Kier molecular flexibility index (Phi) is 11.5. The number of aliphatic imine (C=N–C) groups is 1. The minimum absolute atomic E-state index is 0. The Balaban J connectivity index is 0.00000392. The van der Waals surface area contributed by atoms with Crippen LogP contribution in [0.3, 0.4) is 0 Å². The average molecular weight is 502 g/mol. The van der Waals surface area contributed by atoms with Gasteiger partial charge in [-0.2, -0.15) is 0 Å². The maximum Gasteiger partial charge on any atom is 0.310 e. The smallest absolute Gasteiger partial charge is 0.310 e. The van der Waals surface area contributed by atoms with E-state index in [4.69, 9.17) is 4.74 Å². The van der Waals surface area contributed by atoms with Crippen LogP contribution in [0.4, 0.5) is 0 Å². The van der Waals surface area contributed by atoms with Crippen molar-refractivity contribution in [1.29, 1.82) is 0 Å². The summed E-state index contributed by atoms with van der Waals surface area (Å²) < 4.78 is 5.15. The zero-order chi connectivity index (χ0) is 19.5. The molecule has 7 nitrogen and oxygen atoms in total. The van der Waals surface area contributed by atoms with Gasteiger partial charge in [0.1, 0.15) is 6.54 Å².